The van der Waals surface area contributed by atoms with Crippen LogP contribution in [0.15, 0.2) is 4.42 Å². The average Bonchev–Trinajstić information content (AvgIpc) is 2.41. The lowest BCUT2D eigenvalue weighted by molar-refractivity contribution is 0.492. The van der Waals surface area contributed by atoms with Crippen LogP contribution in [0.4, 0.5) is 0 Å². The first-order valence-corrected chi connectivity index (χ1v) is 5.90. The predicted octanol–water partition coefficient (Wildman–Crippen LogP) is 3.78. The van der Waals surface area contributed by atoms with Crippen LogP contribution in [-0.4, -0.2) is 0 Å². The molecule has 0 bridgehead atoms. The van der Waals surface area contributed by atoms with E-state index in [2.05, 4.69) is 13.8 Å². The molecule has 0 saturated carbocycles. The maximum Gasteiger partial charge on any atom is 0.106 e. The van der Waals surface area contributed by atoms with E-state index in [1.54, 1.807) is 0 Å². The number of unbranched alkanes of at least 4 members (excludes halogenated alkanes) is 2. The molecule has 1 aromatic rings. The SMILES string of the molecule is CCCCCC(N)c1c(C)oc(C)c1C. The highest BCUT2D eigenvalue weighted by Crippen LogP contribution is 2.28. The summed E-state index contributed by atoms with van der Waals surface area (Å²) in [4.78, 5) is 0. The first kappa shape index (κ1) is 12.3. The number of hydrogen-bond acceptors (Lipinski definition) is 2. The molecule has 1 rings (SSSR count). The maximum atomic E-state index is 6.19. The first-order chi connectivity index (χ1) is 7.07. The van der Waals surface area contributed by atoms with E-state index in [0.29, 0.717) is 0 Å². The molecule has 86 valence electrons. The van der Waals surface area contributed by atoms with Crippen LogP contribution in [-0.2, 0) is 0 Å². The van der Waals surface area contributed by atoms with Gasteiger partial charge < -0.3 is 10.2 Å². The number of nitrogens with two attached hydrogens (primary N) is 1. The highest BCUT2D eigenvalue weighted by atomic mass is 16.3. The number of aryl methyl sites for hydroxylation is 2. The minimum absolute atomic E-state index is 0.147. The Kier molecular flexibility index (Phi) is 4.40. The third-order valence-electron chi connectivity index (χ3n) is 3.11. The molecule has 1 atom stereocenters. The summed E-state index contributed by atoms with van der Waals surface area (Å²) in [5.74, 6) is 2.00. The third kappa shape index (κ3) is 2.85. The lowest BCUT2D eigenvalue weighted by atomic mass is 9.98. The Morgan fingerprint density at radius 3 is 2.27 bits per heavy atom. The highest BCUT2D eigenvalue weighted by Gasteiger charge is 2.17. The van der Waals surface area contributed by atoms with Crippen molar-refractivity contribution in [3.63, 3.8) is 0 Å². The van der Waals surface area contributed by atoms with Gasteiger partial charge in [0.05, 0.1) is 0 Å². The Bertz CT molecular complexity index is 315. The van der Waals surface area contributed by atoms with Crippen molar-refractivity contribution in [2.75, 3.05) is 0 Å². The molecule has 0 saturated heterocycles. The van der Waals surface area contributed by atoms with Gasteiger partial charge in [-0.3, -0.25) is 0 Å². The van der Waals surface area contributed by atoms with Gasteiger partial charge in [0.25, 0.3) is 0 Å². The molecule has 0 radical (unpaired) electrons. The van der Waals surface area contributed by atoms with Gasteiger partial charge in [-0.15, -0.1) is 0 Å². The Hall–Kier alpha value is -0.760. The van der Waals surface area contributed by atoms with Gasteiger partial charge in [-0.2, -0.15) is 0 Å². The monoisotopic (exact) mass is 209 g/mol. The van der Waals surface area contributed by atoms with Gasteiger partial charge in [0, 0.05) is 11.6 Å². The maximum absolute atomic E-state index is 6.19. The molecule has 1 unspecified atom stereocenters. The van der Waals surface area contributed by atoms with Gasteiger partial charge in [0.15, 0.2) is 0 Å². The molecule has 2 nitrogen and oxygen atoms in total. The van der Waals surface area contributed by atoms with Crippen molar-refractivity contribution < 1.29 is 4.42 Å². The minimum atomic E-state index is 0.147. The molecule has 15 heavy (non-hydrogen) atoms. The van der Waals surface area contributed by atoms with Crippen LogP contribution in [0.1, 0.15) is 61.3 Å². The summed E-state index contributed by atoms with van der Waals surface area (Å²) < 4.78 is 5.59. The van der Waals surface area contributed by atoms with E-state index in [4.69, 9.17) is 10.2 Å². The lowest BCUT2D eigenvalue weighted by Crippen LogP contribution is -2.11. The van der Waals surface area contributed by atoms with Crippen LogP contribution < -0.4 is 5.73 Å². The third-order valence-corrected chi connectivity index (χ3v) is 3.11. The molecule has 0 aliphatic rings. The fraction of sp³-hybridized carbons (Fsp3) is 0.692. The predicted molar refractivity (Wildman–Crippen MR) is 64.0 cm³/mol. The van der Waals surface area contributed by atoms with E-state index < -0.39 is 0 Å². The summed E-state index contributed by atoms with van der Waals surface area (Å²) in [5, 5.41) is 0. The van der Waals surface area contributed by atoms with Crippen LogP contribution in [0.3, 0.4) is 0 Å². The lowest BCUT2D eigenvalue weighted by Gasteiger charge is -2.11. The summed E-state index contributed by atoms with van der Waals surface area (Å²) >= 11 is 0. The van der Waals surface area contributed by atoms with Crippen molar-refractivity contribution in [3.05, 3.63) is 22.6 Å². The quantitative estimate of drug-likeness (QED) is 0.749. The van der Waals surface area contributed by atoms with E-state index in [-0.39, 0.29) is 6.04 Å². The van der Waals surface area contributed by atoms with Crippen molar-refractivity contribution in [2.24, 2.45) is 5.73 Å². The molecular weight excluding hydrogens is 186 g/mol. The minimum Gasteiger partial charge on any atom is -0.466 e. The van der Waals surface area contributed by atoms with Crippen molar-refractivity contribution in [2.45, 2.75) is 59.4 Å². The van der Waals surface area contributed by atoms with Crippen LogP contribution in [0, 0.1) is 20.8 Å². The molecule has 0 amide bonds. The van der Waals surface area contributed by atoms with Crippen LogP contribution in [0.5, 0.6) is 0 Å². The summed E-state index contributed by atoms with van der Waals surface area (Å²) in [6.45, 7) is 8.32. The average molecular weight is 209 g/mol. The molecule has 0 aromatic carbocycles. The van der Waals surface area contributed by atoms with Gasteiger partial charge in [-0.05, 0) is 32.8 Å². The summed E-state index contributed by atoms with van der Waals surface area (Å²) in [6.07, 6.45) is 4.78. The second-order valence-corrected chi connectivity index (χ2v) is 4.36. The molecular formula is C13H23NO. The fourth-order valence-corrected chi connectivity index (χ4v) is 2.11. The van der Waals surface area contributed by atoms with Crippen LogP contribution in [0.25, 0.3) is 0 Å². The zero-order valence-corrected chi connectivity index (χ0v) is 10.4. The second-order valence-electron chi connectivity index (χ2n) is 4.36. The van der Waals surface area contributed by atoms with Crippen LogP contribution in [0.2, 0.25) is 0 Å². The standard InChI is InChI=1S/C13H23NO/c1-5-6-7-8-12(14)13-9(2)10(3)15-11(13)4/h12H,5-8,14H2,1-4H3. The number of rotatable bonds is 5. The van der Waals surface area contributed by atoms with Crippen LogP contribution >= 0.6 is 0 Å². The summed E-state index contributed by atoms with van der Waals surface area (Å²) in [7, 11) is 0. The van der Waals surface area contributed by atoms with Gasteiger partial charge in [-0.25, -0.2) is 0 Å². The second kappa shape index (κ2) is 5.36. The largest absolute Gasteiger partial charge is 0.466 e. The Morgan fingerprint density at radius 1 is 1.13 bits per heavy atom. The van der Waals surface area contributed by atoms with Crippen molar-refractivity contribution >= 4 is 0 Å². The molecule has 0 aliphatic carbocycles. The first-order valence-electron chi connectivity index (χ1n) is 5.90. The van der Waals surface area contributed by atoms with Gasteiger partial charge in [0.1, 0.15) is 11.5 Å². The van der Waals surface area contributed by atoms with Gasteiger partial charge in [-0.1, -0.05) is 26.2 Å². The Balaban J connectivity index is 2.68. The van der Waals surface area contributed by atoms with Crippen molar-refractivity contribution in [3.8, 4) is 0 Å². The summed E-state index contributed by atoms with van der Waals surface area (Å²) in [5.41, 5.74) is 8.65. The van der Waals surface area contributed by atoms with Gasteiger partial charge in [0.2, 0.25) is 0 Å². The molecule has 0 aliphatic heterocycles. The van der Waals surface area contributed by atoms with E-state index in [9.17, 15) is 0 Å². The Labute approximate surface area is 92.9 Å². The number of furan rings is 1. The van der Waals surface area contributed by atoms with E-state index in [0.717, 1.165) is 17.9 Å². The molecule has 0 spiro atoms. The van der Waals surface area contributed by atoms with Crippen molar-refractivity contribution in [1.82, 2.24) is 0 Å². The zero-order valence-electron chi connectivity index (χ0n) is 10.4. The molecule has 1 heterocycles. The smallest absolute Gasteiger partial charge is 0.106 e. The Morgan fingerprint density at radius 2 is 1.80 bits per heavy atom. The zero-order chi connectivity index (χ0) is 11.4. The molecule has 2 N–H and O–H groups in total. The molecule has 1 aromatic heterocycles. The van der Waals surface area contributed by atoms with E-state index >= 15 is 0 Å². The molecule has 2 heteroatoms. The van der Waals surface area contributed by atoms with Gasteiger partial charge >= 0.3 is 0 Å². The highest BCUT2D eigenvalue weighted by molar-refractivity contribution is 5.33. The molecule has 0 fully saturated rings. The van der Waals surface area contributed by atoms with Crippen molar-refractivity contribution in [1.29, 1.82) is 0 Å². The summed E-state index contributed by atoms with van der Waals surface area (Å²) in [6, 6.07) is 0.147. The number of hydrogen-bond donors (Lipinski definition) is 1. The van der Waals surface area contributed by atoms with E-state index in [1.165, 1.54) is 30.4 Å². The van der Waals surface area contributed by atoms with E-state index in [1.807, 2.05) is 13.8 Å². The fourth-order valence-electron chi connectivity index (χ4n) is 2.11. The normalized spacial score (nSPS) is 13.1. The topological polar surface area (TPSA) is 39.2 Å².